The summed E-state index contributed by atoms with van der Waals surface area (Å²) in [6, 6.07) is 0.657. The van der Waals surface area contributed by atoms with Crippen molar-refractivity contribution in [3.63, 3.8) is 0 Å². The first kappa shape index (κ1) is 4.85. The molecule has 1 atom stereocenters. The molecule has 1 unspecified atom stereocenters. The standard InChI is InChI=1S/C6H11N/c1-3-7-6-4-5(6)2/h4,6-7H,3H2,1-2H3. The summed E-state index contributed by atoms with van der Waals surface area (Å²) in [7, 11) is 0. The van der Waals surface area contributed by atoms with E-state index in [1.54, 1.807) is 0 Å². The molecule has 0 aromatic heterocycles. The molecule has 1 nitrogen and oxygen atoms in total. The molecular weight excluding hydrogens is 86.1 g/mol. The fourth-order valence-electron chi connectivity index (χ4n) is 0.655. The van der Waals surface area contributed by atoms with Crippen LogP contribution in [0.25, 0.3) is 0 Å². The first-order chi connectivity index (χ1) is 3.34. The summed E-state index contributed by atoms with van der Waals surface area (Å²) in [4.78, 5) is 0. The molecule has 7 heavy (non-hydrogen) atoms. The monoisotopic (exact) mass is 97.1 g/mol. The molecule has 0 aromatic carbocycles. The van der Waals surface area contributed by atoms with Crippen molar-refractivity contribution in [3.05, 3.63) is 11.6 Å². The van der Waals surface area contributed by atoms with Gasteiger partial charge >= 0.3 is 0 Å². The number of nitrogens with one attached hydrogen (secondary N) is 1. The summed E-state index contributed by atoms with van der Waals surface area (Å²) < 4.78 is 0. The Labute approximate surface area is 44.4 Å². The maximum absolute atomic E-state index is 3.28. The fraction of sp³-hybridized carbons (Fsp3) is 0.667. The van der Waals surface area contributed by atoms with Gasteiger partial charge in [0.1, 0.15) is 0 Å². The highest BCUT2D eigenvalue weighted by molar-refractivity contribution is 5.32. The molecule has 40 valence electrons. The van der Waals surface area contributed by atoms with E-state index < -0.39 is 0 Å². The minimum Gasteiger partial charge on any atom is -0.307 e. The second kappa shape index (κ2) is 1.66. The van der Waals surface area contributed by atoms with Crippen molar-refractivity contribution in [1.82, 2.24) is 5.32 Å². The normalized spacial score (nSPS) is 27.1. The maximum Gasteiger partial charge on any atom is 0.0466 e. The zero-order valence-corrected chi connectivity index (χ0v) is 4.86. The van der Waals surface area contributed by atoms with Crippen LogP contribution in [0, 0.1) is 0 Å². The van der Waals surface area contributed by atoms with Crippen LogP contribution >= 0.6 is 0 Å². The van der Waals surface area contributed by atoms with E-state index in [1.807, 2.05) is 0 Å². The Morgan fingerprint density at radius 3 is 2.57 bits per heavy atom. The molecule has 0 amide bonds. The van der Waals surface area contributed by atoms with Crippen molar-refractivity contribution >= 4 is 0 Å². The molecule has 0 saturated heterocycles. The van der Waals surface area contributed by atoms with E-state index in [9.17, 15) is 0 Å². The Morgan fingerprint density at radius 1 is 1.86 bits per heavy atom. The highest BCUT2D eigenvalue weighted by Crippen LogP contribution is 2.17. The SMILES string of the molecule is CCNC1C=C1C. The van der Waals surface area contributed by atoms with Crippen molar-refractivity contribution in [2.45, 2.75) is 19.9 Å². The molecule has 0 heterocycles. The van der Waals surface area contributed by atoms with Crippen LogP contribution < -0.4 is 5.32 Å². The molecular formula is C6H11N. The lowest BCUT2D eigenvalue weighted by molar-refractivity contribution is 0.743. The molecule has 1 rings (SSSR count). The van der Waals surface area contributed by atoms with Crippen LogP contribution in [0.1, 0.15) is 13.8 Å². The molecule has 0 aliphatic heterocycles. The van der Waals surface area contributed by atoms with Crippen LogP contribution in [0.3, 0.4) is 0 Å². The van der Waals surface area contributed by atoms with Crippen molar-refractivity contribution in [3.8, 4) is 0 Å². The van der Waals surface area contributed by atoms with Crippen LogP contribution in [0.4, 0.5) is 0 Å². The fourth-order valence-corrected chi connectivity index (χ4v) is 0.655. The largest absolute Gasteiger partial charge is 0.307 e. The highest BCUT2D eigenvalue weighted by atomic mass is 14.9. The van der Waals surface area contributed by atoms with E-state index in [-0.39, 0.29) is 0 Å². The van der Waals surface area contributed by atoms with E-state index in [0.29, 0.717) is 6.04 Å². The third-order valence-corrected chi connectivity index (χ3v) is 1.24. The minimum absolute atomic E-state index is 0.657. The van der Waals surface area contributed by atoms with Crippen LogP contribution in [0.2, 0.25) is 0 Å². The molecule has 0 spiro atoms. The van der Waals surface area contributed by atoms with Crippen molar-refractivity contribution < 1.29 is 0 Å². The molecule has 0 aromatic rings. The Kier molecular flexibility index (Phi) is 1.15. The Morgan fingerprint density at radius 2 is 2.43 bits per heavy atom. The topological polar surface area (TPSA) is 12.0 Å². The van der Waals surface area contributed by atoms with Gasteiger partial charge in [-0.2, -0.15) is 0 Å². The summed E-state index contributed by atoms with van der Waals surface area (Å²) in [6.45, 7) is 5.35. The summed E-state index contributed by atoms with van der Waals surface area (Å²) >= 11 is 0. The van der Waals surface area contributed by atoms with Crippen molar-refractivity contribution in [2.24, 2.45) is 0 Å². The zero-order chi connectivity index (χ0) is 5.28. The molecule has 1 heteroatoms. The van der Waals surface area contributed by atoms with Gasteiger partial charge in [-0.25, -0.2) is 0 Å². The van der Waals surface area contributed by atoms with E-state index in [4.69, 9.17) is 0 Å². The van der Waals surface area contributed by atoms with Gasteiger partial charge < -0.3 is 5.32 Å². The number of likely N-dealkylation sites (N-methyl/N-ethyl adjacent to an activating group) is 1. The van der Waals surface area contributed by atoms with Gasteiger partial charge in [-0.15, -0.1) is 0 Å². The summed E-state index contributed by atoms with van der Waals surface area (Å²) in [5, 5.41) is 3.28. The van der Waals surface area contributed by atoms with Gasteiger partial charge in [-0.05, 0) is 13.5 Å². The minimum atomic E-state index is 0.657. The average Bonchev–Trinajstić information content (AvgIpc) is 2.22. The Hall–Kier alpha value is -0.300. The summed E-state index contributed by atoms with van der Waals surface area (Å²) in [5.41, 5.74) is 1.49. The van der Waals surface area contributed by atoms with Gasteiger partial charge in [0.15, 0.2) is 0 Å². The lowest BCUT2D eigenvalue weighted by Gasteiger charge is -1.94. The Balaban J connectivity index is 2.03. The Bertz CT molecular complexity index is 94.4. The van der Waals surface area contributed by atoms with E-state index in [0.717, 1.165) is 6.54 Å². The van der Waals surface area contributed by atoms with E-state index in [1.165, 1.54) is 5.57 Å². The zero-order valence-electron chi connectivity index (χ0n) is 4.86. The van der Waals surface area contributed by atoms with Gasteiger partial charge in [-0.3, -0.25) is 0 Å². The third kappa shape index (κ3) is 1.03. The lowest BCUT2D eigenvalue weighted by atomic mass is 10.5. The van der Waals surface area contributed by atoms with Gasteiger partial charge in [0.25, 0.3) is 0 Å². The van der Waals surface area contributed by atoms with Crippen LogP contribution in [-0.2, 0) is 0 Å². The molecule has 0 fully saturated rings. The molecule has 1 N–H and O–H groups in total. The molecule has 0 saturated carbocycles. The third-order valence-electron chi connectivity index (χ3n) is 1.24. The maximum atomic E-state index is 3.28. The first-order valence-electron chi connectivity index (χ1n) is 2.76. The predicted octanol–water partition coefficient (Wildman–Crippen LogP) is 0.924. The average molecular weight is 97.2 g/mol. The predicted molar refractivity (Wildman–Crippen MR) is 31.2 cm³/mol. The lowest BCUT2D eigenvalue weighted by Crippen LogP contribution is -2.17. The second-order valence-corrected chi connectivity index (χ2v) is 1.95. The molecule has 1 aliphatic carbocycles. The van der Waals surface area contributed by atoms with E-state index >= 15 is 0 Å². The van der Waals surface area contributed by atoms with Gasteiger partial charge in [0, 0.05) is 6.04 Å². The van der Waals surface area contributed by atoms with Crippen LogP contribution in [0.15, 0.2) is 11.6 Å². The second-order valence-electron chi connectivity index (χ2n) is 1.95. The summed E-state index contributed by atoms with van der Waals surface area (Å²) in [5.74, 6) is 0. The van der Waals surface area contributed by atoms with Crippen LogP contribution in [-0.4, -0.2) is 12.6 Å². The molecule has 0 bridgehead atoms. The smallest absolute Gasteiger partial charge is 0.0466 e. The quantitative estimate of drug-likeness (QED) is 0.505. The number of rotatable bonds is 2. The first-order valence-corrected chi connectivity index (χ1v) is 2.76. The van der Waals surface area contributed by atoms with Crippen LogP contribution in [0.5, 0.6) is 0 Å². The van der Waals surface area contributed by atoms with Crippen molar-refractivity contribution in [2.75, 3.05) is 6.54 Å². The van der Waals surface area contributed by atoms with Gasteiger partial charge in [-0.1, -0.05) is 18.6 Å². The van der Waals surface area contributed by atoms with E-state index in [2.05, 4.69) is 25.2 Å². The van der Waals surface area contributed by atoms with Crippen molar-refractivity contribution in [1.29, 1.82) is 0 Å². The summed E-state index contributed by atoms with van der Waals surface area (Å²) in [6.07, 6.45) is 2.23. The molecule has 0 radical (unpaired) electrons. The van der Waals surface area contributed by atoms with Gasteiger partial charge in [0.05, 0.1) is 0 Å². The number of hydrogen-bond acceptors (Lipinski definition) is 1. The highest BCUT2D eigenvalue weighted by Gasteiger charge is 2.16. The molecule has 1 aliphatic rings. The van der Waals surface area contributed by atoms with Gasteiger partial charge in [0.2, 0.25) is 0 Å². The number of hydrogen-bond donors (Lipinski definition) is 1.